The second-order valence-corrected chi connectivity index (χ2v) is 8.75. The van der Waals surface area contributed by atoms with E-state index < -0.39 is 0 Å². The molecule has 1 saturated carbocycles. The average Bonchev–Trinajstić information content (AvgIpc) is 2.36. The van der Waals surface area contributed by atoms with Crippen LogP contribution in [0.25, 0.3) is 0 Å². The molecule has 0 spiro atoms. The highest BCUT2D eigenvalue weighted by Gasteiger charge is 2.48. The van der Waals surface area contributed by atoms with Crippen molar-refractivity contribution in [3.63, 3.8) is 0 Å². The summed E-state index contributed by atoms with van der Waals surface area (Å²) in [5.41, 5.74) is 0.922. The van der Waals surface area contributed by atoms with Gasteiger partial charge >= 0.3 is 0 Å². The molecule has 0 N–H and O–H groups in total. The summed E-state index contributed by atoms with van der Waals surface area (Å²) >= 11 is 0. The third-order valence-corrected chi connectivity index (χ3v) is 5.88. The molecule has 2 bridgehead atoms. The number of rotatable bonds is 4. The van der Waals surface area contributed by atoms with Gasteiger partial charge in [-0.1, -0.05) is 33.6 Å². The van der Waals surface area contributed by atoms with Gasteiger partial charge in [0.05, 0.1) is 0 Å². The molecule has 1 heteroatoms. The molecule has 0 aromatic carbocycles. The fourth-order valence-corrected chi connectivity index (χ4v) is 4.71. The van der Waals surface area contributed by atoms with Gasteiger partial charge in [0, 0.05) is 18.1 Å². The zero-order chi connectivity index (χ0) is 14.3. The zero-order valence-electron chi connectivity index (χ0n) is 14.1. The van der Waals surface area contributed by atoms with E-state index >= 15 is 0 Å². The van der Waals surface area contributed by atoms with Crippen LogP contribution in [0.4, 0.5) is 0 Å². The highest BCUT2D eigenvalue weighted by molar-refractivity contribution is 5.00. The first-order chi connectivity index (χ1) is 8.75. The number of nitrogens with zero attached hydrogens (tertiary/aromatic N) is 1. The van der Waals surface area contributed by atoms with Gasteiger partial charge in [-0.3, -0.25) is 4.90 Å². The number of piperidine rings is 2. The fraction of sp³-hybridized carbons (Fsp3) is 1.00. The summed E-state index contributed by atoms with van der Waals surface area (Å²) in [6.07, 6.45) is 8.56. The number of fused-ring (bicyclic) bond motifs is 3. The first-order valence-electron chi connectivity index (χ1n) is 8.52. The van der Waals surface area contributed by atoms with Crippen molar-refractivity contribution in [2.75, 3.05) is 6.54 Å². The van der Waals surface area contributed by atoms with Gasteiger partial charge in [0.1, 0.15) is 0 Å². The lowest BCUT2D eigenvalue weighted by Gasteiger charge is -2.58. The van der Waals surface area contributed by atoms with E-state index in [9.17, 15) is 0 Å². The van der Waals surface area contributed by atoms with E-state index in [4.69, 9.17) is 0 Å². The van der Waals surface area contributed by atoms with Crippen LogP contribution >= 0.6 is 0 Å². The number of hydrogen-bond acceptors (Lipinski definition) is 1. The Labute approximate surface area is 121 Å². The molecular formula is C18H35N. The molecule has 112 valence electrons. The average molecular weight is 265 g/mol. The van der Waals surface area contributed by atoms with Gasteiger partial charge < -0.3 is 0 Å². The van der Waals surface area contributed by atoms with Crippen molar-refractivity contribution in [1.29, 1.82) is 0 Å². The minimum atomic E-state index is 0.363. The molecule has 0 aromatic rings. The van der Waals surface area contributed by atoms with Crippen molar-refractivity contribution >= 4 is 0 Å². The van der Waals surface area contributed by atoms with Gasteiger partial charge in [0.15, 0.2) is 0 Å². The van der Waals surface area contributed by atoms with Crippen LogP contribution in [0.5, 0.6) is 0 Å². The fourth-order valence-electron chi connectivity index (χ4n) is 4.71. The van der Waals surface area contributed by atoms with Crippen LogP contribution < -0.4 is 0 Å². The Hall–Kier alpha value is -0.0400. The first kappa shape index (κ1) is 15.4. The van der Waals surface area contributed by atoms with Gasteiger partial charge in [-0.2, -0.15) is 0 Å². The second-order valence-electron chi connectivity index (χ2n) is 8.75. The normalized spacial score (nSPS) is 32.8. The quantitative estimate of drug-likeness (QED) is 0.683. The lowest BCUT2D eigenvalue weighted by atomic mass is 9.59. The van der Waals surface area contributed by atoms with E-state index in [1.54, 1.807) is 0 Å². The van der Waals surface area contributed by atoms with E-state index in [1.807, 2.05) is 0 Å². The van der Waals surface area contributed by atoms with Crippen molar-refractivity contribution in [2.45, 2.75) is 91.6 Å². The van der Waals surface area contributed by atoms with Crippen molar-refractivity contribution in [3.05, 3.63) is 0 Å². The van der Waals surface area contributed by atoms with Crippen LogP contribution in [-0.2, 0) is 0 Å². The number of unbranched alkanes of at least 4 members (excludes halogenated alkanes) is 1. The summed E-state index contributed by atoms with van der Waals surface area (Å²) in [4.78, 5) is 2.80. The summed E-state index contributed by atoms with van der Waals surface area (Å²) in [7, 11) is 0. The SMILES string of the molecule is CCCCC(C)(C)C1CC2CCC1CN2C(C)(C)C. The highest BCUT2D eigenvalue weighted by atomic mass is 15.2. The van der Waals surface area contributed by atoms with E-state index in [1.165, 1.54) is 45.1 Å². The smallest absolute Gasteiger partial charge is 0.0128 e. The summed E-state index contributed by atoms with van der Waals surface area (Å²) < 4.78 is 0. The Kier molecular flexibility index (Phi) is 4.35. The van der Waals surface area contributed by atoms with E-state index in [0.717, 1.165) is 17.9 Å². The monoisotopic (exact) mass is 265 g/mol. The maximum absolute atomic E-state index is 2.80. The Morgan fingerprint density at radius 1 is 1.05 bits per heavy atom. The van der Waals surface area contributed by atoms with Crippen LogP contribution in [0.1, 0.15) is 80.1 Å². The second kappa shape index (κ2) is 5.39. The predicted molar refractivity (Wildman–Crippen MR) is 84.4 cm³/mol. The zero-order valence-corrected chi connectivity index (χ0v) is 14.1. The minimum Gasteiger partial charge on any atom is -0.295 e. The van der Waals surface area contributed by atoms with Gasteiger partial charge in [0.25, 0.3) is 0 Å². The first-order valence-corrected chi connectivity index (χ1v) is 8.52. The third-order valence-electron chi connectivity index (χ3n) is 5.88. The molecule has 1 nitrogen and oxygen atoms in total. The molecule has 3 atom stereocenters. The van der Waals surface area contributed by atoms with Crippen molar-refractivity contribution in [3.8, 4) is 0 Å². The molecule has 19 heavy (non-hydrogen) atoms. The van der Waals surface area contributed by atoms with Gasteiger partial charge in [-0.25, -0.2) is 0 Å². The van der Waals surface area contributed by atoms with Gasteiger partial charge in [-0.05, 0) is 63.7 Å². The molecule has 0 aromatic heterocycles. The molecule has 2 saturated heterocycles. The maximum atomic E-state index is 2.80. The molecule has 3 rings (SSSR count). The van der Waals surface area contributed by atoms with Crippen LogP contribution in [0.15, 0.2) is 0 Å². The van der Waals surface area contributed by atoms with Gasteiger partial charge in [-0.15, -0.1) is 0 Å². The van der Waals surface area contributed by atoms with E-state index in [-0.39, 0.29) is 0 Å². The standard InChI is InChI=1S/C18H35N/c1-7-8-11-18(5,6)16-12-15-10-9-14(16)13-19(15)17(2,3)4/h14-16H,7-13H2,1-6H3. The van der Waals surface area contributed by atoms with Crippen LogP contribution in [0.3, 0.4) is 0 Å². The van der Waals surface area contributed by atoms with Crippen LogP contribution in [0, 0.1) is 17.3 Å². The van der Waals surface area contributed by atoms with E-state index in [0.29, 0.717) is 11.0 Å². The molecule has 0 amide bonds. The molecule has 2 aliphatic heterocycles. The summed E-state index contributed by atoms with van der Waals surface area (Å²) in [5.74, 6) is 1.92. The molecule has 0 radical (unpaired) electrons. The Morgan fingerprint density at radius 3 is 2.21 bits per heavy atom. The Bertz CT molecular complexity index is 299. The summed E-state index contributed by atoms with van der Waals surface area (Å²) in [6, 6.07) is 0.857. The maximum Gasteiger partial charge on any atom is 0.0128 e. The van der Waals surface area contributed by atoms with Crippen molar-refractivity contribution in [1.82, 2.24) is 4.90 Å². The van der Waals surface area contributed by atoms with Crippen LogP contribution in [0.2, 0.25) is 0 Å². The summed E-state index contributed by atoms with van der Waals surface area (Å²) in [5, 5.41) is 0. The Balaban J connectivity index is 2.05. The summed E-state index contributed by atoms with van der Waals surface area (Å²) in [6.45, 7) is 15.9. The largest absolute Gasteiger partial charge is 0.295 e. The molecular weight excluding hydrogens is 230 g/mol. The minimum absolute atomic E-state index is 0.363. The molecule has 3 fully saturated rings. The molecule has 3 unspecified atom stereocenters. The molecule has 3 aliphatic rings. The van der Waals surface area contributed by atoms with Crippen LogP contribution in [-0.4, -0.2) is 23.0 Å². The van der Waals surface area contributed by atoms with Crippen molar-refractivity contribution < 1.29 is 0 Å². The lowest BCUT2D eigenvalue weighted by Crippen LogP contribution is -2.60. The van der Waals surface area contributed by atoms with Gasteiger partial charge in [0.2, 0.25) is 0 Å². The molecule has 2 heterocycles. The lowest BCUT2D eigenvalue weighted by molar-refractivity contribution is -0.0815. The number of hydrogen-bond donors (Lipinski definition) is 0. The van der Waals surface area contributed by atoms with Crippen molar-refractivity contribution in [2.24, 2.45) is 17.3 Å². The van der Waals surface area contributed by atoms with E-state index in [2.05, 4.69) is 46.4 Å². The third kappa shape index (κ3) is 3.17. The topological polar surface area (TPSA) is 3.24 Å². The highest BCUT2D eigenvalue weighted by Crippen LogP contribution is 2.50. The molecule has 1 aliphatic carbocycles. The Morgan fingerprint density at radius 2 is 1.74 bits per heavy atom. The predicted octanol–water partition coefficient (Wildman–Crippen LogP) is 5.10.